The first-order valence-corrected chi connectivity index (χ1v) is 4.88. The van der Waals surface area contributed by atoms with E-state index in [0.717, 1.165) is 11.3 Å². The molecule has 1 aromatic carbocycles. The van der Waals surface area contributed by atoms with Crippen LogP contribution in [0.5, 0.6) is 0 Å². The van der Waals surface area contributed by atoms with Crippen molar-refractivity contribution in [3.63, 3.8) is 0 Å². The van der Waals surface area contributed by atoms with Gasteiger partial charge in [0.05, 0.1) is 5.69 Å². The molecule has 0 radical (unpaired) electrons. The Morgan fingerprint density at radius 3 is 2.50 bits per heavy atom. The Morgan fingerprint density at radius 1 is 1.21 bits per heavy atom. The number of rotatable bonds is 1. The predicted molar refractivity (Wildman–Crippen MR) is 58.7 cm³/mol. The fourth-order valence-corrected chi connectivity index (χ4v) is 1.80. The Balaban J connectivity index is 2.60. The number of aromatic nitrogens is 2. The lowest BCUT2D eigenvalue weighted by Crippen LogP contribution is -1.93. The Kier molecular flexibility index (Phi) is 2.48. The predicted octanol–water partition coefficient (Wildman–Crippen LogP) is 3.39. The summed E-state index contributed by atoms with van der Waals surface area (Å²) in [4.78, 5) is 0. The van der Waals surface area contributed by atoms with Crippen LogP contribution in [0.25, 0.3) is 11.3 Å². The maximum absolute atomic E-state index is 6.06. The average molecular weight is 227 g/mol. The zero-order valence-corrected chi connectivity index (χ0v) is 9.05. The van der Waals surface area contributed by atoms with Crippen LogP contribution in [-0.2, 0) is 7.05 Å². The number of aryl methyl sites for hydroxylation is 1. The second-order valence-corrected chi connectivity index (χ2v) is 3.75. The largest absolute Gasteiger partial charge is 0.266 e. The molecule has 14 heavy (non-hydrogen) atoms. The summed E-state index contributed by atoms with van der Waals surface area (Å²) in [6, 6.07) is 9.40. The molecule has 0 aliphatic heterocycles. The van der Waals surface area contributed by atoms with Crippen LogP contribution in [0.1, 0.15) is 0 Å². The van der Waals surface area contributed by atoms with E-state index in [1.807, 2.05) is 31.3 Å². The number of halogens is 2. The molecule has 0 saturated carbocycles. The van der Waals surface area contributed by atoms with E-state index in [2.05, 4.69) is 5.10 Å². The topological polar surface area (TPSA) is 17.8 Å². The quantitative estimate of drug-likeness (QED) is 0.730. The minimum atomic E-state index is 0.474. The van der Waals surface area contributed by atoms with Crippen molar-refractivity contribution < 1.29 is 0 Å². The molecule has 0 bridgehead atoms. The third-order valence-corrected chi connectivity index (χ3v) is 2.51. The van der Waals surface area contributed by atoms with Gasteiger partial charge in [-0.25, -0.2) is 0 Å². The molecule has 2 nitrogen and oxygen atoms in total. The van der Waals surface area contributed by atoms with Gasteiger partial charge in [0, 0.05) is 23.7 Å². The molecule has 0 aliphatic carbocycles. The molecule has 0 atom stereocenters. The highest BCUT2D eigenvalue weighted by Gasteiger charge is 2.08. The first-order valence-electron chi connectivity index (χ1n) is 4.13. The van der Waals surface area contributed by atoms with Gasteiger partial charge in [0.1, 0.15) is 0 Å². The van der Waals surface area contributed by atoms with Crippen molar-refractivity contribution in [2.75, 3.05) is 0 Å². The molecule has 0 amide bonds. The number of hydrogen-bond acceptors (Lipinski definition) is 1. The third kappa shape index (κ3) is 1.63. The zero-order valence-electron chi connectivity index (χ0n) is 7.54. The summed E-state index contributed by atoms with van der Waals surface area (Å²) < 4.78 is 1.71. The number of hydrogen-bond donors (Lipinski definition) is 0. The lowest BCUT2D eigenvalue weighted by molar-refractivity contribution is 0.776. The van der Waals surface area contributed by atoms with E-state index in [1.165, 1.54) is 0 Å². The molecule has 1 aromatic heterocycles. The van der Waals surface area contributed by atoms with E-state index >= 15 is 0 Å². The van der Waals surface area contributed by atoms with E-state index in [9.17, 15) is 0 Å². The summed E-state index contributed by atoms with van der Waals surface area (Å²) in [5.41, 5.74) is 1.86. The van der Waals surface area contributed by atoms with Crippen LogP contribution in [0.15, 0.2) is 30.3 Å². The van der Waals surface area contributed by atoms with Gasteiger partial charge in [0.2, 0.25) is 0 Å². The first-order chi connectivity index (χ1) is 6.68. The molecule has 2 aromatic rings. The van der Waals surface area contributed by atoms with E-state index in [-0.39, 0.29) is 0 Å². The second kappa shape index (κ2) is 3.64. The van der Waals surface area contributed by atoms with Gasteiger partial charge in [0.15, 0.2) is 5.15 Å². The molecule has 4 heteroatoms. The van der Waals surface area contributed by atoms with Gasteiger partial charge in [-0.3, -0.25) is 4.68 Å². The van der Waals surface area contributed by atoms with Gasteiger partial charge in [0.25, 0.3) is 0 Å². The van der Waals surface area contributed by atoms with Crippen LogP contribution in [0.2, 0.25) is 10.2 Å². The van der Waals surface area contributed by atoms with E-state index < -0.39 is 0 Å². The number of benzene rings is 1. The maximum Gasteiger partial charge on any atom is 0.151 e. The van der Waals surface area contributed by atoms with Crippen LogP contribution in [0, 0.1) is 0 Å². The van der Waals surface area contributed by atoms with Crippen LogP contribution in [0.3, 0.4) is 0 Å². The molecule has 72 valence electrons. The van der Waals surface area contributed by atoms with Gasteiger partial charge < -0.3 is 0 Å². The van der Waals surface area contributed by atoms with Gasteiger partial charge >= 0.3 is 0 Å². The lowest BCUT2D eigenvalue weighted by atomic mass is 10.1. The summed E-state index contributed by atoms with van der Waals surface area (Å²) in [7, 11) is 1.84. The van der Waals surface area contributed by atoms with Crippen LogP contribution < -0.4 is 0 Å². The molecule has 0 aliphatic rings. The molecule has 1 heterocycles. The molecule has 0 fully saturated rings. The zero-order chi connectivity index (χ0) is 10.1. The Labute approximate surface area is 92.1 Å². The van der Waals surface area contributed by atoms with Crippen molar-refractivity contribution >= 4 is 23.2 Å². The Hall–Kier alpha value is -0.990. The van der Waals surface area contributed by atoms with Crippen molar-refractivity contribution in [3.8, 4) is 11.3 Å². The van der Waals surface area contributed by atoms with Crippen LogP contribution >= 0.6 is 23.2 Å². The van der Waals surface area contributed by atoms with Crippen LogP contribution in [0.4, 0.5) is 0 Å². The number of nitrogens with zero attached hydrogens (tertiary/aromatic N) is 2. The normalized spacial score (nSPS) is 10.5. The molecule has 2 rings (SSSR count). The van der Waals surface area contributed by atoms with E-state index in [1.54, 1.807) is 10.7 Å². The van der Waals surface area contributed by atoms with Crippen molar-refractivity contribution in [1.29, 1.82) is 0 Å². The summed E-state index contributed by atoms with van der Waals surface area (Å²) in [5, 5.41) is 5.23. The molecule has 0 saturated heterocycles. The van der Waals surface area contributed by atoms with Gasteiger partial charge in [-0.05, 0) is 6.07 Å². The first kappa shape index (κ1) is 9.56. The van der Waals surface area contributed by atoms with Gasteiger partial charge in [-0.15, -0.1) is 0 Å². The minimum Gasteiger partial charge on any atom is -0.266 e. The summed E-state index contributed by atoms with van der Waals surface area (Å²) in [5.74, 6) is 0. The monoisotopic (exact) mass is 226 g/mol. The van der Waals surface area contributed by atoms with Gasteiger partial charge in [-0.2, -0.15) is 5.10 Å². The van der Waals surface area contributed by atoms with Crippen molar-refractivity contribution in [2.24, 2.45) is 7.05 Å². The maximum atomic E-state index is 6.06. The highest BCUT2D eigenvalue weighted by Crippen LogP contribution is 2.28. The highest BCUT2D eigenvalue weighted by atomic mass is 35.5. The average Bonchev–Trinajstić information content (AvgIpc) is 2.46. The van der Waals surface area contributed by atoms with Crippen molar-refractivity contribution in [3.05, 3.63) is 40.5 Å². The molecular weight excluding hydrogens is 219 g/mol. The summed E-state index contributed by atoms with van der Waals surface area (Å²) in [6.07, 6.45) is 0. The second-order valence-electron chi connectivity index (χ2n) is 2.96. The molecular formula is C10H8Cl2N2. The van der Waals surface area contributed by atoms with Crippen molar-refractivity contribution in [2.45, 2.75) is 0 Å². The Bertz CT molecular complexity index is 463. The van der Waals surface area contributed by atoms with Crippen molar-refractivity contribution in [1.82, 2.24) is 9.78 Å². The lowest BCUT2D eigenvalue weighted by Gasteiger charge is -2.03. The third-order valence-electron chi connectivity index (χ3n) is 2.00. The molecule has 0 spiro atoms. The highest BCUT2D eigenvalue weighted by molar-refractivity contribution is 6.33. The SMILES string of the molecule is Cn1nc(Cl)cc1-c1ccccc1Cl. The fourth-order valence-electron chi connectivity index (χ4n) is 1.35. The summed E-state index contributed by atoms with van der Waals surface area (Å²) in [6.45, 7) is 0. The fraction of sp³-hybridized carbons (Fsp3) is 0.100. The Morgan fingerprint density at radius 2 is 1.93 bits per heavy atom. The van der Waals surface area contributed by atoms with E-state index in [0.29, 0.717) is 10.2 Å². The smallest absolute Gasteiger partial charge is 0.151 e. The van der Waals surface area contributed by atoms with Crippen LogP contribution in [-0.4, -0.2) is 9.78 Å². The molecule has 0 N–H and O–H groups in total. The molecule has 0 unspecified atom stereocenters. The van der Waals surface area contributed by atoms with Gasteiger partial charge in [-0.1, -0.05) is 41.4 Å². The minimum absolute atomic E-state index is 0.474. The summed E-state index contributed by atoms with van der Waals surface area (Å²) >= 11 is 11.8. The van der Waals surface area contributed by atoms with E-state index in [4.69, 9.17) is 23.2 Å². The standard InChI is InChI=1S/C10H8Cl2N2/c1-14-9(6-10(12)13-14)7-4-2-3-5-8(7)11/h2-6H,1H3.